The van der Waals surface area contributed by atoms with E-state index in [9.17, 15) is 14.9 Å². The van der Waals surface area contributed by atoms with Gasteiger partial charge in [-0.3, -0.25) is 19.8 Å². The summed E-state index contributed by atoms with van der Waals surface area (Å²) in [5.41, 5.74) is 0.812. The van der Waals surface area contributed by atoms with Crippen LogP contribution in [0.4, 0.5) is 17.1 Å². The minimum absolute atomic E-state index is 0. The topological polar surface area (TPSA) is 108 Å². The first-order chi connectivity index (χ1) is 11.8. The molecular formula is C16H26ClN5O4. The summed E-state index contributed by atoms with van der Waals surface area (Å²) in [5.74, 6) is -0.181. The molecule has 1 fully saturated rings. The Bertz CT molecular complexity index is 635. The largest absolute Gasteiger partial charge is 1.00 e. The number of anilines is 2. The normalized spacial score (nSPS) is 16.4. The molecule has 1 saturated heterocycles. The van der Waals surface area contributed by atoms with Crippen LogP contribution in [-0.4, -0.2) is 85.3 Å². The predicted octanol–water partition coefficient (Wildman–Crippen LogP) is -2.67. The maximum atomic E-state index is 12.5. The Labute approximate surface area is 159 Å². The zero-order chi connectivity index (χ0) is 18.4. The summed E-state index contributed by atoms with van der Waals surface area (Å²) in [4.78, 5) is 25.2. The molecule has 146 valence electrons. The molecule has 0 atom stereocenters. The van der Waals surface area contributed by atoms with Crippen molar-refractivity contribution in [2.75, 3.05) is 70.6 Å². The van der Waals surface area contributed by atoms with Gasteiger partial charge in [-0.2, -0.15) is 0 Å². The van der Waals surface area contributed by atoms with E-state index in [4.69, 9.17) is 5.11 Å². The summed E-state index contributed by atoms with van der Waals surface area (Å²) in [6.45, 7) is 4.17. The highest BCUT2D eigenvalue weighted by molar-refractivity contribution is 5.95. The monoisotopic (exact) mass is 387 g/mol. The number of carbonyl (C=O) groups excluding carboxylic acids is 1. The van der Waals surface area contributed by atoms with Crippen LogP contribution in [0.1, 0.15) is 0 Å². The standard InChI is InChI=1S/C16H25N5O4.ClH/c1-19-6-8-21(2,9-7-19)12-16(23)18-15-11-13(20(24)25)3-4-14(15)17-5-10-22;/h3-4,11,17,22H,5-10,12H2,1-2H3;1H. The first-order valence-electron chi connectivity index (χ1n) is 8.28. The molecule has 1 heterocycles. The number of nitro groups is 1. The van der Waals surface area contributed by atoms with Gasteiger partial charge >= 0.3 is 0 Å². The van der Waals surface area contributed by atoms with Crippen molar-refractivity contribution in [1.82, 2.24) is 4.90 Å². The van der Waals surface area contributed by atoms with Gasteiger partial charge in [-0.05, 0) is 13.1 Å². The number of rotatable bonds is 7. The zero-order valence-electron chi connectivity index (χ0n) is 15.1. The van der Waals surface area contributed by atoms with Gasteiger partial charge in [0.15, 0.2) is 6.54 Å². The number of nitrogens with zero attached hydrogens (tertiary/aromatic N) is 3. The molecule has 10 heteroatoms. The van der Waals surface area contributed by atoms with Crippen molar-refractivity contribution in [3.63, 3.8) is 0 Å². The van der Waals surface area contributed by atoms with Gasteiger partial charge in [0.05, 0.1) is 43.0 Å². The molecule has 1 aromatic rings. The third kappa shape index (κ3) is 6.10. The van der Waals surface area contributed by atoms with Crippen LogP contribution in [0.3, 0.4) is 0 Å². The Morgan fingerprint density at radius 2 is 2.00 bits per heavy atom. The van der Waals surface area contributed by atoms with Gasteiger partial charge in [0, 0.05) is 31.8 Å². The first-order valence-corrected chi connectivity index (χ1v) is 8.28. The van der Waals surface area contributed by atoms with Crippen LogP contribution < -0.4 is 23.0 Å². The van der Waals surface area contributed by atoms with E-state index < -0.39 is 4.92 Å². The van der Waals surface area contributed by atoms with Gasteiger partial charge in [-0.15, -0.1) is 0 Å². The van der Waals surface area contributed by atoms with Crippen LogP contribution in [0.2, 0.25) is 0 Å². The number of hydrogen-bond donors (Lipinski definition) is 3. The number of carbonyl (C=O) groups is 1. The van der Waals surface area contributed by atoms with E-state index in [1.54, 1.807) is 0 Å². The fraction of sp³-hybridized carbons (Fsp3) is 0.562. The Hall–Kier alpha value is -1.94. The van der Waals surface area contributed by atoms with E-state index in [-0.39, 0.29) is 30.6 Å². The molecule has 0 unspecified atom stereocenters. The number of nitrogens with one attached hydrogen (secondary N) is 2. The highest BCUT2D eigenvalue weighted by Crippen LogP contribution is 2.27. The van der Waals surface area contributed by atoms with Gasteiger partial charge in [0.25, 0.3) is 11.6 Å². The molecule has 0 radical (unpaired) electrons. The number of amides is 1. The molecule has 26 heavy (non-hydrogen) atoms. The second-order valence-electron chi connectivity index (χ2n) is 6.71. The van der Waals surface area contributed by atoms with Gasteiger partial charge in [-0.25, -0.2) is 0 Å². The molecule has 9 nitrogen and oxygen atoms in total. The van der Waals surface area contributed by atoms with Crippen LogP contribution in [-0.2, 0) is 4.79 Å². The molecule has 0 spiro atoms. The summed E-state index contributed by atoms with van der Waals surface area (Å²) >= 11 is 0. The highest BCUT2D eigenvalue weighted by atomic mass is 35.5. The van der Waals surface area contributed by atoms with E-state index >= 15 is 0 Å². The van der Waals surface area contributed by atoms with E-state index in [1.165, 1.54) is 18.2 Å². The second-order valence-corrected chi connectivity index (χ2v) is 6.71. The lowest BCUT2D eigenvalue weighted by atomic mass is 10.2. The summed E-state index contributed by atoms with van der Waals surface area (Å²) in [6.07, 6.45) is 0. The van der Waals surface area contributed by atoms with Crippen molar-refractivity contribution >= 4 is 23.0 Å². The fourth-order valence-electron chi connectivity index (χ4n) is 2.84. The van der Waals surface area contributed by atoms with E-state index in [2.05, 4.69) is 22.6 Å². The fourth-order valence-corrected chi connectivity index (χ4v) is 2.84. The molecule has 1 aliphatic rings. The number of non-ortho nitro benzene ring substituents is 1. The van der Waals surface area contributed by atoms with E-state index in [0.717, 1.165) is 26.2 Å². The number of piperazine rings is 1. The van der Waals surface area contributed by atoms with Crippen molar-refractivity contribution in [2.24, 2.45) is 0 Å². The zero-order valence-corrected chi connectivity index (χ0v) is 15.8. The van der Waals surface area contributed by atoms with Gasteiger partial charge in [-0.1, -0.05) is 0 Å². The maximum Gasteiger partial charge on any atom is 0.279 e. The smallest absolute Gasteiger partial charge is 0.279 e. The molecule has 0 bridgehead atoms. The molecule has 1 aromatic carbocycles. The maximum absolute atomic E-state index is 12.5. The van der Waals surface area contributed by atoms with Crippen LogP contribution in [0.25, 0.3) is 0 Å². The number of nitro benzene ring substituents is 1. The minimum Gasteiger partial charge on any atom is -1.00 e. The number of hydrogen-bond acceptors (Lipinski definition) is 6. The molecule has 1 amide bonds. The van der Waals surface area contributed by atoms with Gasteiger partial charge < -0.3 is 32.6 Å². The molecule has 3 N–H and O–H groups in total. The minimum atomic E-state index is -0.500. The lowest BCUT2D eigenvalue weighted by Gasteiger charge is -2.40. The van der Waals surface area contributed by atoms with Crippen molar-refractivity contribution in [3.05, 3.63) is 28.3 Å². The van der Waals surface area contributed by atoms with Crippen LogP contribution >= 0.6 is 0 Å². The Morgan fingerprint density at radius 3 is 2.58 bits per heavy atom. The SMILES string of the molecule is CN1CC[N+](C)(CC(=O)Nc2cc([N+](=O)[O-])ccc2NCCO)CC1.[Cl-]. The van der Waals surface area contributed by atoms with Crippen LogP contribution in [0.15, 0.2) is 18.2 Å². The summed E-state index contributed by atoms with van der Waals surface area (Å²) in [7, 11) is 4.11. The number of aliphatic hydroxyl groups excluding tert-OH is 1. The lowest BCUT2D eigenvalue weighted by Crippen LogP contribution is -3.00. The average Bonchev–Trinajstić information content (AvgIpc) is 2.56. The number of likely N-dealkylation sites (N-methyl/N-ethyl adjacent to an activating group) is 2. The van der Waals surface area contributed by atoms with Crippen molar-refractivity contribution < 1.29 is 31.7 Å². The lowest BCUT2D eigenvalue weighted by molar-refractivity contribution is -0.905. The Kier molecular flexibility index (Phi) is 8.22. The van der Waals surface area contributed by atoms with E-state index in [1.807, 2.05) is 7.05 Å². The van der Waals surface area contributed by atoms with Crippen molar-refractivity contribution in [1.29, 1.82) is 0 Å². The van der Waals surface area contributed by atoms with Crippen LogP contribution in [0.5, 0.6) is 0 Å². The van der Waals surface area contributed by atoms with E-state index in [0.29, 0.717) is 28.9 Å². The van der Waals surface area contributed by atoms with Crippen LogP contribution in [0, 0.1) is 10.1 Å². The van der Waals surface area contributed by atoms with Crippen molar-refractivity contribution in [2.45, 2.75) is 0 Å². The number of aliphatic hydroxyl groups is 1. The Balaban J connectivity index is 0.00000338. The third-order valence-corrected chi connectivity index (χ3v) is 4.48. The Morgan fingerprint density at radius 1 is 1.35 bits per heavy atom. The van der Waals surface area contributed by atoms with Crippen molar-refractivity contribution in [3.8, 4) is 0 Å². The third-order valence-electron chi connectivity index (χ3n) is 4.48. The average molecular weight is 388 g/mol. The summed E-state index contributed by atoms with van der Waals surface area (Å²) in [6, 6.07) is 4.24. The quantitative estimate of drug-likeness (QED) is 0.268. The second kappa shape index (κ2) is 9.67. The molecule has 0 aromatic heterocycles. The van der Waals surface area contributed by atoms with Gasteiger partial charge in [0.1, 0.15) is 0 Å². The summed E-state index contributed by atoms with van der Waals surface area (Å²) < 4.78 is 0.643. The molecular weight excluding hydrogens is 362 g/mol. The first kappa shape index (κ1) is 22.1. The predicted molar refractivity (Wildman–Crippen MR) is 95.6 cm³/mol. The highest BCUT2D eigenvalue weighted by Gasteiger charge is 2.30. The number of halogens is 1. The number of quaternary nitrogens is 1. The molecule has 0 aliphatic carbocycles. The molecule has 0 saturated carbocycles. The molecule has 2 rings (SSSR count). The number of benzene rings is 1. The summed E-state index contributed by atoms with van der Waals surface area (Å²) in [5, 5.41) is 25.7. The van der Waals surface area contributed by atoms with Gasteiger partial charge in [0.2, 0.25) is 0 Å². The molecule has 1 aliphatic heterocycles.